The van der Waals surface area contributed by atoms with E-state index in [9.17, 15) is 0 Å². The Bertz CT molecular complexity index is 196. The first-order valence-corrected chi connectivity index (χ1v) is 8.03. The summed E-state index contributed by atoms with van der Waals surface area (Å²) in [5, 5.41) is 8.14. The maximum absolute atomic E-state index is 8.14. The van der Waals surface area contributed by atoms with Gasteiger partial charge in [0.2, 0.25) is 0 Å². The SMILES string of the molecule is C=CCOCC(C)COCC=C.CC(C)CN.CC(C)CO. The molecule has 0 spiro atoms. The smallest absolute Gasteiger partial charge is 0.0644 e. The molecule has 0 aromatic rings. The van der Waals surface area contributed by atoms with E-state index in [-0.39, 0.29) is 0 Å². The van der Waals surface area contributed by atoms with Crippen LogP contribution in [0, 0.1) is 17.8 Å². The number of ether oxygens (including phenoxy) is 2. The number of rotatable bonds is 10. The van der Waals surface area contributed by atoms with Crippen LogP contribution in [0.1, 0.15) is 34.6 Å². The van der Waals surface area contributed by atoms with Crippen LogP contribution in [0.2, 0.25) is 0 Å². The Balaban J connectivity index is -0.000000298. The molecule has 0 aliphatic rings. The van der Waals surface area contributed by atoms with Gasteiger partial charge in [0, 0.05) is 12.5 Å². The van der Waals surface area contributed by atoms with Gasteiger partial charge in [0.1, 0.15) is 0 Å². The molecule has 0 aliphatic heterocycles. The van der Waals surface area contributed by atoms with Crippen molar-refractivity contribution in [1.29, 1.82) is 0 Å². The van der Waals surface area contributed by atoms with Gasteiger partial charge in [0.05, 0.1) is 26.4 Å². The average molecular weight is 318 g/mol. The molecule has 0 aliphatic carbocycles. The van der Waals surface area contributed by atoms with Crippen LogP contribution in [0.25, 0.3) is 0 Å². The summed E-state index contributed by atoms with van der Waals surface area (Å²) in [6.07, 6.45) is 3.49. The molecule has 0 atom stereocenters. The molecule has 22 heavy (non-hydrogen) atoms. The van der Waals surface area contributed by atoms with E-state index in [0.717, 1.165) is 19.8 Å². The Hall–Kier alpha value is -0.680. The van der Waals surface area contributed by atoms with Crippen LogP contribution in [0.4, 0.5) is 0 Å². The van der Waals surface area contributed by atoms with Gasteiger partial charge in [-0.25, -0.2) is 0 Å². The van der Waals surface area contributed by atoms with Gasteiger partial charge in [0.15, 0.2) is 0 Å². The van der Waals surface area contributed by atoms with Crippen LogP contribution in [0.15, 0.2) is 25.3 Å². The Morgan fingerprint density at radius 1 is 0.909 bits per heavy atom. The third-order valence-corrected chi connectivity index (χ3v) is 2.11. The van der Waals surface area contributed by atoms with Gasteiger partial charge < -0.3 is 20.3 Å². The molecular weight excluding hydrogens is 278 g/mol. The van der Waals surface area contributed by atoms with E-state index in [4.69, 9.17) is 20.3 Å². The lowest BCUT2D eigenvalue weighted by atomic mass is 10.2. The third-order valence-electron chi connectivity index (χ3n) is 2.11. The second kappa shape index (κ2) is 22.6. The van der Waals surface area contributed by atoms with Crippen molar-refractivity contribution >= 4 is 0 Å². The highest BCUT2D eigenvalue weighted by atomic mass is 16.5. The predicted molar refractivity (Wildman–Crippen MR) is 97.0 cm³/mol. The molecule has 0 radical (unpaired) electrons. The largest absolute Gasteiger partial charge is 0.396 e. The Kier molecular flexibility index (Phi) is 26.9. The van der Waals surface area contributed by atoms with Gasteiger partial charge in [-0.2, -0.15) is 0 Å². The Morgan fingerprint density at radius 3 is 1.41 bits per heavy atom. The number of aliphatic hydroxyl groups excluding tert-OH is 1. The zero-order valence-corrected chi connectivity index (χ0v) is 15.4. The van der Waals surface area contributed by atoms with Crippen LogP contribution in [-0.4, -0.2) is 44.7 Å². The van der Waals surface area contributed by atoms with Gasteiger partial charge in [-0.05, 0) is 18.4 Å². The highest BCUT2D eigenvalue weighted by molar-refractivity contribution is 4.65. The fourth-order valence-corrected chi connectivity index (χ4v) is 0.753. The topological polar surface area (TPSA) is 64.7 Å². The van der Waals surface area contributed by atoms with Crippen molar-refractivity contribution in [3.8, 4) is 0 Å². The minimum Gasteiger partial charge on any atom is -0.396 e. The van der Waals surface area contributed by atoms with Crippen LogP contribution in [-0.2, 0) is 9.47 Å². The number of aliphatic hydroxyl groups is 1. The summed E-state index contributed by atoms with van der Waals surface area (Å²) in [7, 11) is 0. The van der Waals surface area contributed by atoms with Crippen molar-refractivity contribution in [2.45, 2.75) is 34.6 Å². The van der Waals surface area contributed by atoms with E-state index in [1.807, 2.05) is 13.8 Å². The summed E-state index contributed by atoms with van der Waals surface area (Å²) >= 11 is 0. The quantitative estimate of drug-likeness (QED) is 0.479. The van der Waals surface area contributed by atoms with E-state index in [2.05, 4.69) is 33.9 Å². The molecule has 4 heteroatoms. The monoisotopic (exact) mass is 317 g/mol. The fraction of sp³-hybridized carbons (Fsp3) is 0.778. The van der Waals surface area contributed by atoms with E-state index < -0.39 is 0 Å². The second-order valence-corrected chi connectivity index (χ2v) is 5.96. The van der Waals surface area contributed by atoms with Gasteiger partial charge in [0.25, 0.3) is 0 Å². The van der Waals surface area contributed by atoms with Crippen LogP contribution >= 0.6 is 0 Å². The maximum Gasteiger partial charge on any atom is 0.0644 e. The molecule has 0 amide bonds. The third kappa shape index (κ3) is 36.5. The predicted octanol–water partition coefficient (Wildman–Crippen LogP) is 3.26. The molecule has 0 aromatic heterocycles. The molecule has 0 saturated heterocycles. The van der Waals surface area contributed by atoms with E-state index in [1.165, 1.54) is 0 Å². The zero-order chi connectivity index (χ0) is 17.8. The first-order chi connectivity index (χ1) is 10.3. The molecule has 0 heterocycles. The minimum atomic E-state index is 0.306. The van der Waals surface area contributed by atoms with E-state index in [1.54, 1.807) is 12.2 Å². The summed E-state index contributed by atoms with van der Waals surface area (Å²) in [6, 6.07) is 0. The Labute approximate surface area is 138 Å². The number of hydrogen-bond acceptors (Lipinski definition) is 4. The summed E-state index contributed by atoms with van der Waals surface area (Å²) in [6.45, 7) is 21.2. The first-order valence-electron chi connectivity index (χ1n) is 8.03. The molecular formula is C18H39NO3. The van der Waals surface area contributed by atoms with E-state index in [0.29, 0.717) is 37.6 Å². The average Bonchev–Trinajstić information content (AvgIpc) is 2.49. The highest BCUT2D eigenvalue weighted by Gasteiger charge is 2.00. The molecule has 3 N–H and O–H groups in total. The zero-order valence-electron chi connectivity index (χ0n) is 15.4. The lowest BCUT2D eigenvalue weighted by molar-refractivity contribution is 0.0662. The normalized spacial score (nSPS) is 9.91. The van der Waals surface area contributed by atoms with Crippen molar-refractivity contribution in [3.05, 3.63) is 25.3 Å². The minimum absolute atomic E-state index is 0.306. The maximum atomic E-state index is 8.14. The number of nitrogens with two attached hydrogens (primary N) is 1. The van der Waals surface area contributed by atoms with Crippen LogP contribution in [0.5, 0.6) is 0 Å². The highest BCUT2D eigenvalue weighted by Crippen LogP contribution is 1.96. The molecule has 0 bridgehead atoms. The molecule has 0 rings (SSSR count). The second-order valence-electron chi connectivity index (χ2n) is 5.96. The van der Waals surface area contributed by atoms with Crippen molar-refractivity contribution < 1.29 is 14.6 Å². The van der Waals surface area contributed by atoms with Gasteiger partial charge >= 0.3 is 0 Å². The van der Waals surface area contributed by atoms with E-state index >= 15 is 0 Å². The lowest BCUT2D eigenvalue weighted by Gasteiger charge is -2.10. The van der Waals surface area contributed by atoms with Crippen molar-refractivity contribution in [2.75, 3.05) is 39.6 Å². The summed E-state index contributed by atoms with van der Waals surface area (Å²) in [5.41, 5.74) is 5.17. The summed E-state index contributed by atoms with van der Waals surface area (Å²) in [4.78, 5) is 0. The molecule has 0 aromatic carbocycles. The van der Waals surface area contributed by atoms with Crippen LogP contribution in [0.3, 0.4) is 0 Å². The van der Waals surface area contributed by atoms with Crippen molar-refractivity contribution in [3.63, 3.8) is 0 Å². The molecule has 134 valence electrons. The molecule has 0 fully saturated rings. The summed E-state index contributed by atoms with van der Waals surface area (Å²) < 4.78 is 10.5. The first kappa shape index (κ1) is 26.2. The van der Waals surface area contributed by atoms with Crippen LogP contribution < -0.4 is 5.73 Å². The van der Waals surface area contributed by atoms with Gasteiger partial charge in [-0.1, -0.05) is 46.8 Å². The number of hydrogen-bond donors (Lipinski definition) is 2. The molecule has 0 saturated carbocycles. The Morgan fingerprint density at radius 2 is 1.23 bits per heavy atom. The van der Waals surface area contributed by atoms with Gasteiger partial charge in [-0.15, -0.1) is 13.2 Å². The van der Waals surface area contributed by atoms with Crippen molar-refractivity contribution in [2.24, 2.45) is 23.5 Å². The molecule has 4 nitrogen and oxygen atoms in total. The summed E-state index contributed by atoms with van der Waals surface area (Å²) in [5.74, 6) is 1.54. The standard InChI is InChI=1S/C10H18O2.C4H11N.C4H10O/c1-4-6-11-8-10(3)9-12-7-5-2;2*1-4(2)3-5/h4-5,10H,1-2,6-9H2,3H3;4H,3,5H2,1-2H3;4-5H,3H2,1-2H3. The fourth-order valence-electron chi connectivity index (χ4n) is 0.753. The van der Waals surface area contributed by atoms with Crippen molar-refractivity contribution in [1.82, 2.24) is 0 Å². The van der Waals surface area contributed by atoms with Gasteiger partial charge in [-0.3, -0.25) is 0 Å². The lowest BCUT2D eigenvalue weighted by Crippen LogP contribution is -2.12. The molecule has 0 unspecified atom stereocenters.